The molecule has 94 valence electrons. The van der Waals surface area contributed by atoms with Crippen molar-refractivity contribution in [1.29, 1.82) is 0 Å². The third kappa shape index (κ3) is 2.50. The fraction of sp³-hybridized carbons (Fsp3) is 0.833. The average Bonchev–Trinajstić information content (AvgIpc) is 2.90. The summed E-state index contributed by atoms with van der Waals surface area (Å²) in [7, 11) is 0. The van der Waals surface area contributed by atoms with Crippen molar-refractivity contribution >= 4 is 0 Å². The average molecular weight is 236 g/mol. The Kier molecular flexibility index (Phi) is 3.38. The van der Waals surface area contributed by atoms with Gasteiger partial charge in [-0.3, -0.25) is 0 Å². The number of hydrogen-bond acceptors (Lipinski definition) is 5. The summed E-state index contributed by atoms with van der Waals surface area (Å²) in [5.74, 6) is 2.67. The first-order valence-corrected chi connectivity index (χ1v) is 6.68. The molecule has 0 aromatic carbocycles. The molecule has 0 spiro atoms. The van der Waals surface area contributed by atoms with Gasteiger partial charge in [0, 0.05) is 11.8 Å². The molecular weight excluding hydrogens is 216 g/mol. The van der Waals surface area contributed by atoms with Crippen molar-refractivity contribution in [1.82, 2.24) is 20.8 Å². The van der Waals surface area contributed by atoms with Crippen LogP contribution in [-0.2, 0) is 0 Å². The molecule has 0 aliphatic carbocycles. The lowest BCUT2D eigenvalue weighted by Crippen LogP contribution is -2.27. The van der Waals surface area contributed by atoms with E-state index in [9.17, 15) is 0 Å². The van der Waals surface area contributed by atoms with Crippen LogP contribution in [0.1, 0.15) is 49.3 Å². The number of rotatable bonds is 2. The molecule has 0 radical (unpaired) electrons. The first-order chi connectivity index (χ1) is 8.43. The summed E-state index contributed by atoms with van der Waals surface area (Å²) in [4.78, 5) is 0. The summed E-state index contributed by atoms with van der Waals surface area (Å²) in [6, 6.07) is 0. The Labute approximate surface area is 101 Å². The summed E-state index contributed by atoms with van der Waals surface area (Å²) in [6.45, 7) is 4.26. The van der Waals surface area contributed by atoms with Crippen LogP contribution in [0.5, 0.6) is 0 Å². The maximum atomic E-state index is 5.88. The number of piperidine rings is 2. The smallest absolute Gasteiger partial charge is 0.219 e. The van der Waals surface area contributed by atoms with Crippen molar-refractivity contribution in [2.24, 2.45) is 0 Å². The molecule has 0 atom stereocenters. The van der Waals surface area contributed by atoms with Crippen LogP contribution in [0.2, 0.25) is 0 Å². The minimum Gasteiger partial charge on any atom is -0.425 e. The van der Waals surface area contributed by atoms with Gasteiger partial charge in [-0.25, -0.2) is 0 Å². The predicted octanol–water partition coefficient (Wildman–Crippen LogP) is 1.00. The third-order valence-corrected chi connectivity index (χ3v) is 3.83. The van der Waals surface area contributed by atoms with Crippen LogP contribution < -0.4 is 10.6 Å². The molecule has 5 heteroatoms. The lowest BCUT2D eigenvalue weighted by atomic mass is 9.98. The van der Waals surface area contributed by atoms with Crippen LogP contribution in [0, 0.1) is 0 Å². The molecule has 0 saturated carbocycles. The number of aromatic nitrogens is 2. The Bertz CT molecular complexity index is 321. The summed E-state index contributed by atoms with van der Waals surface area (Å²) < 4.78 is 5.88. The summed E-state index contributed by atoms with van der Waals surface area (Å²) >= 11 is 0. The van der Waals surface area contributed by atoms with Crippen LogP contribution in [0.3, 0.4) is 0 Å². The van der Waals surface area contributed by atoms with Gasteiger partial charge in [-0.2, -0.15) is 0 Å². The molecule has 0 unspecified atom stereocenters. The van der Waals surface area contributed by atoms with Crippen LogP contribution in [0.15, 0.2) is 4.42 Å². The van der Waals surface area contributed by atoms with E-state index in [1.807, 2.05) is 0 Å². The Morgan fingerprint density at radius 2 is 1.18 bits per heavy atom. The van der Waals surface area contributed by atoms with E-state index in [4.69, 9.17) is 4.42 Å². The maximum absolute atomic E-state index is 5.88. The van der Waals surface area contributed by atoms with E-state index in [2.05, 4.69) is 20.8 Å². The van der Waals surface area contributed by atoms with Gasteiger partial charge < -0.3 is 15.1 Å². The second-order valence-corrected chi connectivity index (χ2v) is 5.03. The van der Waals surface area contributed by atoms with Crippen molar-refractivity contribution in [3.63, 3.8) is 0 Å². The molecule has 2 aliphatic heterocycles. The van der Waals surface area contributed by atoms with E-state index >= 15 is 0 Å². The lowest BCUT2D eigenvalue weighted by Gasteiger charge is -2.20. The van der Waals surface area contributed by atoms with E-state index in [0.717, 1.165) is 63.6 Å². The Hall–Kier alpha value is -0.940. The van der Waals surface area contributed by atoms with Gasteiger partial charge in [0.1, 0.15) is 0 Å². The van der Waals surface area contributed by atoms with E-state index in [0.29, 0.717) is 11.8 Å². The summed E-state index contributed by atoms with van der Waals surface area (Å²) in [5.41, 5.74) is 0. The van der Waals surface area contributed by atoms with Crippen LogP contribution in [0.4, 0.5) is 0 Å². The highest BCUT2D eigenvalue weighted by Crippen LogP contribution is 2.28. The van der Waals surface area contributed by atoms with Gasteiger partial charge in [-0.15, -0.1) is 10.2 Å². The molecule has 0 amide bonds. The minimum atomic E-state index is 0.471. The lowest BCUT2D eigenvalue weighted by molar-refractivity contribution is 0.328. The maximum Gasteiger partial charge on any atom is 0.219 e. The second-order valence-electron chi connectivity index (χ2n) is 5.03. The normalized spacial score (nSPS) is 24.0. The highest BCUT2D eigenvalue weighted by Gasteiger charge is 2.25. The van der Waals surface area contributed by atoms with Gasteiger partial charge in [0.2, 0.25) is 11.8 Å². The van der Waals surface area contributed by atoms with Crippen molar-refractivity contribution in [3.05, 3.63) is 11.8 Å². The minimum absolute atomic E-state index is 0.471. The topological polar surface area (TPSA) is 63.0 Å². The number of hydrogen-bond donors (Lipinski definition) is 2. The first-order valence-electron chi connectivity index (χ1n) is 6.68. The van der Waals surface area contributed by atoms with Crippen LogP contribution >= 0.6 is 0 Å². The zero-order chi connectivity index (χ0) is 11.5. The molecule has 0 bridgehead atoms. The largest absolute Gasteiger partial charge is 0.425 e. The summed E-state index contributed by atoms with van der Waals surface area (Å²) in [5, 5.41) is 15.2. The molecule has 2 N–H and O–H groups in total. The molecule has 2 saturated heterocycles. The Balaban J connectivity index is 1.68. The molecule has 1 aromatic rings. The van der Waals surface area contributed by atoms with Crippen molar-refractivity contribution in [2.75, 3.05) is 26.2 Å². The molecule has 3 rings (SSSR count). The van der Waals surface area contributed by atoms with E-state index in [1.54, 1.807) is 0 Å². The fourth-order valence-electron chi connectivity index (χ4n) is 2.71. The van der Waals surface area contributed by atoms with Gasteiger partial charge >= 0.3 is 0 Å². The zero-order valence-corrected chi connectivity index (χ0v) is 10.1. The quantitative estimate of drug-likeness (QED) is 0.802. The molecule has 1 aromatic heterocycles. The van der Waals surface area contributed by atoms with Gasteiger partial charge in [-0.05, 0) is 51.9 Å². The van der Waals surface area contributed by atoms with Crippen molar-refractivity contribution in [2.45, 2.75) is 37.5 Å². The van der Waals surface area contributed by atoms with Gasteiger partial charge in [0.15, 0.2) is 0 Å². The molecular formula is C12H20N4O. The standard InChI is InChI=1S/C12H20N4O/c1-5-13-6-2-9(1)11-15-16-12(17-11)10-3-7-14-8-4-10/h9-10,13-14H,1-8H2. The molecule has 2 fully saturated rings. The molecule has 3 heterocycles. The molecule has 5 nitrogen and oxygen atoms in total. The number of nitrogens with zero attached hydrogens (tertiary/aromatic N) is 2. The molecule has 2 aliphatic rings. The first kappa shape index (κ1) is 11.2. The Morgan fingerprint density at radius 1 is 0.765 bits per heavy atom. The van der Waals surface area contributed by atoms with E-state index in [-0.39, 0.29) is 0 Å². The van der Waals surface area contributed by atoms with Crippen LogP contribution in [0.25, 0.3) is 0 Å². The highest BCUT2D eigenvalue weighted by molar-refractivity contribution is 4.98. The van der Waals surface area contributed by atoms with E-state index in [1.165, 1.54) is 0 Å². The Morgan fingerprint density at radius 3 is 1.59 bits per heavy atom. The number of nitrogens with one attached hydrogen (secondary N) is 2. The van der Waals surface area contributed by atoms with E-state index < -0.39 is 0 Å². The van der Waals surface area contributed by atoms with Crippen molar-refractivity contribution in [3.8, 4) is 0 Å². The second kappa shape index (κ2) is 5.14. The van der Waals surface area contributed by atoms with Gasteiger partial charge in [-0.1, -0.05) is 0 Å². The molecule has 17 heavy (non-hydrogen) atoms. The monoisotopic (exact) mass is 236 g/mol. The summed E-state index contributed by atoms with van der Waals surface area (Å²) in [6.07, 6.45) is 4.48. The third-order valence-electron chi connectivity index (χ3n) is 3.83. The highest BCUT2D eigenvalue weighted by atomic mass is 16.4. The predicted molar refractivity (Wildman–Crippen MR) is 64.0 cm³/mol. The SMILES string of the molecule is C1CC(c2nnc(C3CCNCC3)o2)CCN1. The zero-order valence-electron chi connectivity index (χ0n) is 10.1. The van der Waals surface area contributed by atoms with Crippen molar-refractivity contribution < 1.29 is 4.42 Å². The fourth-order valence-corrected chi connectivity index (χ4v) is 2.71. The van der Waals surface area contributed by atoms with Gasteiger partial charge in [0.25, 0.3) is 0 Å². The van der Waals surface area contributed by atoms with Crippen LogP contribution in [-0.4, -0.2) is 36.4 Å². The van der Waals surface area contributed by atoms with Gasteiger partial charge in [0.05, 0.1) is 0 Å².